The van der Waals surface area contributed by atoms with Crippen LogP contribution in [0.25, 0.3) is 6.08 Å². The number of anilines is 1. The minimum absolute atomic E-state index is 0.209. The molecular formula is C26H22ClF3N2O3. The monoisotopic (exact) mass is 502 g/mol. The van der Waals surface area contributed by atoms with Gasteiger partial charge in [-0.05, 0) is 35.4 Å². The molecule has 2 amide bonds. The molecule has 2 aromatic rings. The van der Waals surface area contributed by atoms with Crippen LogP contribution in [0.1, 0.15) is 43.5 Å². The van der Waals surface area contributed by atoms with Gasteiger partial charge in [0.15, 0.2) is 5.78 Å². The number of alkyl halides is 3. The number of hydrogen-bond acceptors (Lipinski definition) is 4. The summed E-state index contributed by atoms with van der Waals surface area (Å²) in [5, 5.41) is -0.529. The zero-order valence-corrected chi connectivity index (χ0v) is 19.9. The molecular weight excluding hydrogens is 481 g/mol. The zero-order valence-electron chi connectivity index (χ0n) is 19.1. The van der Waals surface area contributed by atoms with E-state index in [0.29, 0.717) is 6.07 Å². The lowest BCUT2D eigenvalue weighted by atomic mass is 9.79. The zero-order chi connectivity index (χ0) is 25.4. The Bertz CT molecular complexity index is 1300. The van der Waals surface area contributed by atoms with E-state index in [1.165, 1.54) is 6.07 Å². The maximum atomic E-state index is 13.8. The van der Waals surface area contributed by atoms with Gasteiger partial charge in [-0.25, -0.2) is 4.90 Å². The Hall–Kier alpha value is -3.13. The van der Waals surface area contributed by atoms with Gasteiger partial charge in [0.25, 0.3) is 0 Å². The van der Waals surface area contributed by atoms with E-state index >= 15 is 0 Å². The van der Waals surface area contributed by atoms with Gasteiger partial charge in [0.2, 0.25) is 11.8 Å². The van der Waals surface area contributed by atoms with Crippen molar-refractivity contribution in [2.45, 2.75) is 39.0 Å². The predicted molar refractivity (Wildman–Crippen MR) is 124 cm³/mol. The third kappa shape index (κ3) is 3.49. The highest BCUT2D eigenvalue weighted by molar-refractivity contribution is 6.32. The number of fused-ring (bicyclic) bond motifs is 5. The molecule has 3 aliphatic heterocycles. The number of carbonyl (C=O) groups is 3. The molecule has 5 rings (SSSR count). The number of hydrogen-bond donors (Lipinski definition) is 0. The number of imide groups is 1. The van der Waals surface area contributed by atoms with E-state index in [1.54, 1.807) is 31.9 Å². The highest BCUT2D eigenvalue weighted by Crippen LogP contribution is 2.54. The molecule has 2 fully saturated rings. The van der Waals surface area contributed by atoms with E-state index in [9.17, 15) is 27.6 Å². The molecule has 182 valence electrons. The number of rotatable bonds is 2. The lowest BCUT2D eigenvalue weighted by Gasteiger charge is -2.37. The molecule has 3 heterocycles. The first kappa shape index (κ1) is 23.6. The van der Waals surface area contributed by atoms with Crippen LogP contribution < -0.4 is 4.90 Å². The highest BCUT2D eigenvalue weighted by Gasteiger charge is 2.65. The molecule has 0 aromatic heterocycles. The minimum atomic E-state index is -4.76. The summed E-state index contributed by atoms with van der Waals surface area (Å²) >= 11 is 5.75. The second kappa shape index (κ2) is 7.68. The molecule has 2 aromatic carbocycles. The first-order valence-electron chi connectivity index (χ1n) is 11.2. The summed E-state index contributed by atoms with van der Waals surface area (Å²) < 4.78 is 40.5. The second-order valence-corrected chi connectivity index (χ2v) is 10.5. The molecule has 0 aliphatic carbocycles. The second-order valence-electron chi connectivity index (χ2n) is 10.1. The van der Waals surface area contributed by atoms with Gasteiger partial charge < -0.3 is 4.90 Å². The van der Waals surface area contributed by atoms with E-state index in [1.807, 2.05) is 30.3 Å². The minimum Gasteiger partial charge on any atom is -0.359 e. The number of ketones is 1. The SMILES string of the molecule is CC(C)(C)C(=O)[C@@H]1[C@@H]2C(=O)N(c3ccc(Cl)c(C(F)(F)F)c3)C(=O)[C@H]2[C@H]2c3ccccc3C=CN12. The molecule has 0 unspecified atom stereocenters. The first-order valence-corrected chi connectivity index (χ1v) is 11.5. The molecule has 0 bridgehead atoms. The summed E-state index contributed by atoms with van der Waals surface area (Å²) in [4.78, 5) is 43.6. The Morgan fingerprint density at radius 3 is 2.29 bits per heavy atom. The van der Waals surface area contributed by atoms with Gasteiger partial charge in [-0.3, -0.25) is 14.4 Å². The van der Waals surface area contributed by atoms with Gasteiger partial charge in [0, 0.05) is 11.6 Å². The molecule has 35 heavy (non-hydrogen) atoms. The lowest BCUT2D eigenvalue weighted by molar-refractivity contribution is -0.137. The van der Waals surface area contributed by atoms with Crippen molar-refractivity contribution >= 4 is 41.0 Å². The van der Waals surface area contributed by atoms with Crippen LogP contribution in [0.5, 0.6) is 0 Å². The number of Topliss-reactive ketones (excluding diaryl/α,β-unsaturated/α-hetero) is 1. The Labute approximate surface area is 205 Å². The molecule has 9 heteroatoms. The molecule has 0 N–H and O–H groups in total. The summed E-state index contributed by atoms with van der Waals surface area (Å²) in [6.07, 6.45) is -1.17. The van der Waals surface area contributed by atoms with Crippen molar-refractivity contribution in [3.63, 3.8) is 0 Å². The quantitative estimate of drug-likeness (QED) is 0.510. The van der Waals surface area contributed by atoms with Gasteiger partial charge in [-0.1, -0.05) is 56.6 Å². The van der Waals surface area contributed by atoms with E-state index in [0.717, 1.165) is 22.1 Å². The molecule has 5 nitrogen and oxygen atoms in total. The average Bonchev–Trinajstić information content (AvgIpc) is 3.25. The standard InChI is InChI=1S/C26H22ClF3N2O3/c1-25(2,3)22(33)21-19-18(20-15-7-5-4-6-13(15)10-11-31(20)21)23(34)32(24(19)35)14-8-9-17(27)16(12-14)26(28,29)30/h4-12,18-21H,1-3H3/t18-,19-,20-,21+/m1/s1. The fraction of sp³-hybridized carbons (Fsp3) is 0.346. The van der Waals surface area contributed by atoms with Crippen molar-refractivity contribution < 1.29 is 27.6 Å². The third-order valence-electron chi connectivity index (χ3n) is 6.98. The van der Waals surface area contributed by atoms with Crippen LogP contribution in [0.15, 0.2) is 48.7 Å². The van der Waals surface area contributed by atoms with E-state index < -0.39 is 57.9 Å². The van der Waals surface area contributed by atoms with Crippen molar-refractivity contribution in [3.8, 4) is 0 Å². The van der Waals surface area contributed by atoms with Crippen LogP contribution in [-0.2, 0) is 20.6 Å². The van der Waals surface area contributed by atoms with Gasteiger partial charge in [0.1, 0.15) is 6.04 Å². The fourth-order valence-corrected chi connectivity index (χ4v) is 5.65. The summed E-state index contributed by atoms with van der Waals surface area (Å²) in [5.74, 6) is -3.47. The average molecular weight is 503 g/mol. The van der Waals surface area contributed by atoms with Crippen molar-refractivity contribution in [1.82, 2.24) is 4.90 Å². The van der Waals surface area contributed by atoms with Crippen molar-refractivity contribution in [3.05, 3.63) is 70.4 Å². The number of benzene rings is 2. The number of halogens is 4. The Kier molecular flexibility index (Phi) is 5.18. The van der Waals surface area contributed by atoms with Gasteiger partial charge >= 0.3 is 6.18 Å². The summed E-state index contributed by atoms with van der Waals surface area (Å²) in [7, 11) is 0. The Morgan fingerprint density at radius 1 is 0.971 bits per heavy atom. The Morgan fingerprint density at radius 2 is 1.63 bits per heavy atom. The largest absolute Gasteiger partial charge is 0.417 e. The first-order chi connectivity index (χ1) is 16.3. The van der Waals surface area contributed by atoms with Gasteiger partial charge in [-0.15, -0.1) is 0 Å². The van der Waals surface area contributed by atoms with E-state index in [-0.39, 0.29) is 11.5 Å². The summed E-state index contributed by atoms with van der Waals surface area (Å²) in [6.45, 7) is 5.23. The van der Waals surface area contributed by atoms with Crippen LogP contribution in [0, 0.1) is 17.3 Å². The molecule has 2 saturated heterocycles. The van der Waals surface area contributed by atoms with Crippen LogP contribution in [0.3, 0.4) is 0 Å². The number of nitrogens with zero attached hydrogens (tertiary/aromatic N) is 2. The molecule has 0 radical (unpaired) electrons. The van der Waals surface area contributed by atoms with Crippen LogP contribution >= 0.6 is 11.6 Å². The van der Waals surface area contributed by atoms with Crippen LogP contribution in [0.4, 0.5) is 18.9 Å². The van der Waals surface area contributed by atoms with E-state index in [2.05, 4.69) is 0 Å². The topological polar surface area (TPSA) is 57.7 Å². The molecule has 0 spiro atoms. The molecule has 4 atom stereocenters. The van der Waals surface area contributed by atoms with Crippen molar-refractivity contribution in [2.75, 3.05) is 4.90 Å². The molecule has 0 saturated carbocycles. The van der Waals surface area contributed by atoms with Crippen LogP contribution in [0.2, 0.25) is 5.02 Å². The van der Waals surface area contributed by atoms with Gasteiger partial charge in [-0.2, -0.15) is 13.2 Å². The maximum Gasteiger partial charge on any atom is 0.417 e. The normalized spacial score (nSPS) is 25.6. The van der Waals surface area contributed by atoms with Crippen molar-refractivity contribution in [2.24, 2.45) is 17.3 Å². The smallest absolute Gasteiger partial charge is 0.359 e. The fourth-order valence-electron chi connectivity index (χ4n) is 5.42. The third-order valence-corrected chi connectivity index (χ3v) is 7.31. The highest BCUT2D eigenvalue weighted by atomic mass is 35.5. The summed E-state index contributed by atoms with van der Waals surface area (Å²) in [6, 6.07) is 8.85. The number of amides is 2. The maximum absolute atomic E-state index is 13.8. The lowest BCUT2D eigenvalue weighted by Crippen LogP contribution is -2.47. The summed E-state index contributed by atoms with van der Waals surface area (Å²) in [5.41, 5.74) is -0.497. The molecule has 3 aliphatic rings. The van der Waals surface area contributed by atoms with Gasteiger partial charge in [0.05, 0.1) is 34.2 Å². The van der Waals surface area contributed by atoms with Crippen LogP contribution in [-0.4, -0.2) is 28.5 Å². The number of carbonyl (C=O) groups excluding carboxylic acids is 3. The van der Waals surface area contributed by atoms with Crippen molar-refractivity contribution in [1.29, 1.82) is 0 Å². The Balaban J connectivity index is 1.66. The predicted octanol–water partition coefficient (Wildman–Crippen LogP) is 5.49. The van der Waals surface area contributed by atoms with E-state index in [4.69, 9.17) is 11.6 Å².